The molecule has 0 spiro atoms. The van der Waals surface area contributed by atoms with E-state index in [1.165, 1.54) is 12.1 Å². The summed E-state index contributed by atoms with van der Waals surface area (Å²) >= 11 is 0. The van der Waals surface area contributed by atoms with Crippen molar-refractivity contribution in [2.45, 2.75) is 13.5 Å². The van der Waals surface area contributed by atoms with Crippen molar-refractivity contribution in [3.05, 3.63) is 53.1 Å². The van der Waals surface area contributed by atoms with Crippen molar-refractivity contribution in [2.75, 3.05) is 5.32 Å². The van der Waals surface area contributed by atoms with Gasteiger partial charge in [-0.2, -0.15) is 5.26 Å². The van der Waals surface area contributed by atoms with Crippen LogP contribution in [0.25, 0.3) is 0 Å². The van der Waals surface area contributed by atoms with Crippen molar-refractivity contribution >= 4 is 5.69 Å². The molecule has 0 fully saturated rings. The molecule has 6 heteroatoms. The van der Waals surface area contributed by atoms with Crippen LogP contribution in [0.2, 0.25) is 0 Å². The molecule has 1 aromatic carbocycles. The highest BCUT2D eigenvalue weighted by atomic mass is 19.2. The third kappa shape index (κ3) is 2.83. The Balaban J connectivity index is 2.17. The standard InChI is InChI=1S/C13H10F2N4/c1-8-17-5-4-10(19-8)7-18-11-3-2-9(6-16)12(14)13(11)15/h2-5,18H,7H2,1H3. The fourth-order valence-corrected chi connectivity index (χ4v) is 1.56. The zero-order chi connectivity index (χ0) is 13.8. The first-order chi connectivity index (χ1) is 9.11. The Kier molecular flexibility index (Phi) is 3.66. The summed E-state index contributed by atoms with van der Waals surface area (Å²) in [6.45, 7) is 1.98. The number of hydrogen-bond donors (Lipinski definition) is 1. The molecule has 0 amide bonds. The van der Waals surface area contributed by atoms with Gasteiger partial charge in [0.05, 0.1) is 23.5 Å². The van der Waals surface area contributed by atoms with Gasteiger partial charge in [-0.25, -0.2) is 18.7 Å². The van der Waals surface area contributed by atoms with Crippen LogP contribution >= 0.6 is 0 Å². The monoisotopic (exact) mass is 260 g/mol. The summed E-state index contributed by atoms with van der Waals surface area (Å²) in [5.41, 5.74) is 0.338. The molecule has 0 atom stereocenters. The van der Waals surface area contributed by atoms with Gasteiger partial charge >= 0.3 is 0 Å². The highest BCUT2D eigenvalue weighted by Gasteiger charge is 2.12. The molecule has 0 aliphatic carbocycles. The summed E-state index contributed by atoms with van der Waals surface area (Å²) in [7, 11) is 0. The van der Waals surface area contributed by atoms with Gasteiger partial charge in [-0.15, -0.1) is 0 Å². The van der Waals surface area contributed by atoms with Gasteiger partial charge in [-0.3, -0.25) is 0 Å². The number of hydrogen-bond acceptors (Lipinski definition) is 4. The third-order valence-corrected chi connectivity index (χ3v) is 2.50. The van der Waals surface area contributed by atoms with E-state index in [1.807, 2.05) is 0 Å². The Morgan fingerprint density at radius 3 is 2.74 bits per heavy atom. The van der Waals surface area contributed by atoms with E-state index in [0.29, 0.717) is 11.5 Å². The first kappa shape index (κ1) is 12.9. The smallest absolute Gasteiger partial charge is 0.183 e. The number of aromatic nitrogens is 2. The van der Waals surface area contributed by atoms with Crippen molar-refractivity contribution in [3.63, 3.8) is 0 Å². The highest BCUT2D eigenvalue weighted by Crippen LogP contribution is 2.20. The number of nitrogens with one attached hydrogen (secondary N) is 1. The van der Waals surface area contributed by atoms with Gasteiger partial charge in [0.2, 0.25) is 0 Å². The lowest BCUT2D eigenvalue weighted by molar-refractivity contribution is 0.508. The molecule has 0 saturated carbocycles. The second-order valence-corrected chi connectivity index (χ2v) is 3.85. The number of anilines is 1. The summed E-state index contributed by atoms with van der Waals surface area (Å²) in [6, 6.07) is 5.81. The van der Waals surface area contributed by atoms with Crippen LogP contribution in [-0.2, 0) is 6.54 Å². The zero-order valence-corrected chi connectivity index (χ0v) is 10.1. The molecule has 1 heterocycles. The minimum Gasteiger partial charge on any atom is -0.377 e. The lowest BCUT2D eigenvalue weighted by Crippen LogP contribution is -2.06. The summed E-state index contributed by atoms with van der Waals surface area (Å²) < 4.78 is 27.0. The van der Waals surface area contributed by atoms with E-state index in [1.54, 1.807) is 25.3 Å². The van der Waals surface area contributed by atoms with Crippen molar-refractivity contribution in [2.24, 2.45) is 0 Å². The van der Waals surface area contributed by atoms with E-state index in [4.69, 9.17) is 5.26 Å². The van der Waals surface area contributed by atoms with Crippen LogP contribution in [0.1, 0.15) is 17.1 Å². The Hall–Kier alpha value is -2.55. The average Bonchev–Trinajstić information content (AvgIpc) is 2.41. The summed E-state index contributed by atoms with van der Waals surface area (Å²) in [5.74, 6) is -1.61. The van der Waals surface area contributed by atoms with Crippen LogP contribution < -0.4 is 5.32 Å². The topological polar surface area (TPSA) is 61.6 Å². The van der Waals surface area contributed by atoms with E-state index in [-0.39, 0.29) is 17.8 Å². The largest absolute Gasteiger partial charge is 0.377 e. The van der Waals surface area contributed by atoms with E-state index in [2.05, 4.69) is 15.3 Å². The maximum atomic E-state index is 13.6. The predicted molar refractivity (Wildman–Crippen MR) is 65.2 cm³/mol. The Bertz CT molecular complexity index is 650. The molecule has 96 valence electrons. The maximum absolute atomic E-state index is 13.6. The van der Waals surface area contributed by atoms with Crippen LogP contribution in [0.3, 0.4) is 0 Å². The van der Waals surface area contributed by atoms with Crippen LogP contribution in [0, 0.1) is 29.9 Å². The first-order valence-corrected chi connectivity index (χ1v) is 5.52. The van der Waals surface area contributed by atoms with Gasteiger partial charge < -0.3 is 5.32 Å². The Morgan fingerprint density at radius 2 is 2.05 bits per heavy atom. The number of benzene rings is 1. The molecule has 0 unspecified atom stereocenters. The second kappa shape index (κ2) is 5.40. The Morgan fingerprint density at radius 1 is 1.26 bits per heavy atom. The fourth-order valence-electron chi connectivity index (χ4n) is 1.56. The van der Waals surface area contributed by atoms with Gasteiger partial charge in [-0.05, 0) is 25.1 Å². The normalized spacial score (nSPS) is 10.0. The van der Waals surface area contributed by atoms with E-state index in [0.717, 1.165) is 0 Å². The number of aryl methyl sites for hydroxylation is 1. The molecule has 1 N–H and O–H groups in total. The maximum Gasteiger partial charge on any atom is 0.183 e. The first-order valence-electron chi connectivity index (χ1n) is 5.52. The Labute approximate surface area is 108 Å². The van der Waals surface area contributed by atoms with Gasteiger partial charge in [0.25, 0.3) is 0 Å². The molecular weight excluding hydrogens is 250 g/mol. The predicted octanol–water partition coefficient (Wildman–Crippen LogP) is 2.55. The third-order valence-electron chi connectivity index (χ3n) is 2.50. The van der Waals surface area contributed by atoms with Gasteiger partial charge in [0.1, 0.15) is 11.9 Å². The van der Waals surface area contributed by atoms with Crippen molar-refractivity contribution in [1.82, 2.24) is 9.97 Å². The SMILES string of the molecule is Cc1nccc(CNc2ccc(C#N)c(F)c2F)n1. The lowest BCUT2D eigenvalue weighted by atomic mass is 10.2. The van der Waals surface area contributed by atoms with E-state index >= 15 is 0 Å². The number of nitriles is 1. The molecule has 0 aliphatic rings. The zero-order valence-electron chi connectivity index (χ0n) is 10.1. The van der Waals surface area contributed by atoms with Gasteiger partial charge in [-0.1, -0.05) is 0 Å². The summed E-state index contributed by atoms with van der Waals surface area (Å²) in [6.07, 6.45) is 1.59. The molecule has 0 bridgehead atoms. The average molecular weight is 260 g/mol. The van der Waals surface area contributed by atoms with Crippen molar-refractivity contribution in [3.8, 4) is 6.07 Å². The van der Waals surface area contributed by atoms with Gasteiger partial charge in [0, 0.05) is 6.20 Å². The number of halogens is 2. The highest BCUT2D eigenvalue weighted by molar-refractivity contribution is 5.49. The fraction of sp³-hybridized carbons (Fsp3) is 0.154. The second-order valence-electron chi connectivity index (χ2n) is 3.85. The van der Waals surface area contributed by atoms with Crippen molar-refractivity contribution in [1.29, 1.82) is 5.26 Å². The molecule has 0 radical (unpaired) electrons. The van der Waals surface area contributed by atoms with E-state index in [9.17, 15) is 8.78 Å². The quantitative estimate of drug-likeness (QED) is 0.921. The minimum absolute atomic E-state index is 0.00670. The summed E-state index contributed by atoms with van der Waals surface area (Å²) in [4.78, 5) is 8.07. The van der Waals surface area contributed by atoms with Crippen LogP contribution in [0.15, 0.2) is 24.4 Å². The minimum atomic E-state index is -1.15. The van der Waals surface area contributed by atoms with E-state index < -0.39 is 11.6 Å². The molecule has 0 aliphatic heterocycles. The number of nitrogens with zero attached hydrogens (tertiary/aromatic N) is 3. The molecule has 4 nitrogen and oxygen atoms in total. The molecule has 2 aromatic rings. The summed E-state index contributed by atoms with van der Waals surface area (Å²) in [5, 5.41) is 11.3. The molecule has 19 heavy (non-hydrogen) atoms. The lowest BCUT2D eigenvalue weighted by Gasteiger charge is -2.08. The van der Waals surface area contributed by atoms with Gasteiger partial charge in [0.15, 0.2) is 11.6 Å². The van der Waals surface area contributed by atoms with Crippen LogP contribution in [0.5, 0.6) is 0 Å². The molecule has 1 aromatic heterocycles. The van der Waals surface area contributed by atoms with Crippen LogP contribution in [-0.4, -0.2) is 9.97 Å². The van der Waals surface area contributed by atoms with Crippen LogP contribution in [0.4, 0.5) is 14.5 Å². The molecular formula is C13H10F2N4. The van der Waals surface area contributed by atoms with Crippen molar-refractivity contribution < 1.29 is 8.78 Å². The number of rotatable bonds is 3. The molecule has 2 rings (SSSR count). The molecule has 0 saturated heterocycles.